The third kappa shape index (κ3) is 3.44. The largest absolute Gasteiger partial charge is 0.383 e. The molecule has 1 aromatic rings. The zero-order valence-electron chi connectivity index (χ0n) is 8.13. The van der Waals surface area contributed by atoms with Crippen molar-refractivity contribution in [3.8, 4) is 0 Å². The minimum absolute atomic E-state index is 0.521. The van der Waals surface area contributed by atoms with Gasteiger partial charge < -0.3 is 10.2 Å². The smallest absolute Gasteiger partial charge is 0.0851 e. The van der Waals surface area contributed by atoms with Gasteiger partial charge in [-0.3, -0.25) is 0 Å². The van der Waals surface area contributed by atoms with E-state index in [0.29, 0.717) is 6.61 Å². The van der Waals surface area contributed by atoms with Crippen molar-refractivity contribution in [1.29, 1.82) is 0 Å². The molecule has 0 amide bonds. The van der Waals surface area contributed by atoms with Crippen LogP contribution in [-0.2, 0) is 4.84 Å². The molecule has 0 saturated heterocycles. The second-order valence-electron chi connectivity index (χ2n) is 3.17. The molecule has 1 aromatic carbocycles. The van der Waals surface area contributed by atoms with Crippen LogP contribution in [0, 0.1) is 13.8 Å². The minimum atomic E-state index is 0.521. The highest BCUT2D eigenvalue weighted by Crippen LogP contribution is 2.12. The van der Waals surface area contributed by atoms with Gasteiger partial charge in [-0.15, -0.1) is 0 Å². The summed E-state index contributed by atoms with van der Waals surface area (Å²) in [7, 11) is 0. The summed E-state index contributed by atoms with van der Waals surface area (Å²) in [6, 6.07) is 6.34. The summed E-state index contributed by atoms with van der Waals surface area (Å²) in [5, 5.41) is 3.22. The van der Waals surface area contributed by atoms with Crippen molar-refractivity contribution < 1.29 is 4.84 Å². The molecule has 0 radical (unpaired) electrons. The fourth-order valence-corrected chi connectivity index (χ4v) is 1.33. The zero-order chi connectivity index (χ0) is 9.68. The lowest BCUT2D eigenvalue weighted by Gasteiger charge is -2.07. The van der Waals surface area contributed by atoms with Crippen molar-refractivity contribution in [3.05, 3.63) is 29.3 Å². The van der Waals surface area contributed by atoms with Crippen molar-refractivity contribution in [1.82, 2.24) is 0 Å². The van der Waals surface area contributed by atoms with Crippen LogP contribution in [0.3, 0.4) is 0 Å². The number of benzene rings is 1. The first-order valence-electron chi connectivity index (χ1n) is 4.36. The quantitative estimate of drug-likeness (QED) is 0.546. The van der Waals surface area contributed by atoms with Crippen LogP contribution in [-0.4, -0.2) is 13.2 Å². The second-order valence-corrected chi connectivity index (χ2v) is 3.17. The molecule has 0 fully saturated rings. The maximum atomic E-state index is 4.91. The molecule has 0 aliphatic rings. The monoisotopic (exact) mass is 180 g/mol. The first kappa shape index (κ1) is 10.0. The van der Waals surface area contributed by atoms with E-state index in [1.54, 1.807) is 0 Å². The van der Waals surface area contributed by atoms with Gasteiger partial charge >= 0.3 is 0 Å². The van der Waals surface area contributed by atoms with Gasteiger partial charge in [0.2, 0.25) is 0 Å². The van der Waals surface area contributed by atoms with Gasteiger partial charge in [0.15, 0.2) is 0 Å². The molecule has 0 spiro atoms. The molecule has 3 N–H and O–H groups in total. The lowest BCUT2D eigenvalue weighted by atomic mass is 10.1. The van der Waals surface area contributed by atoms with E-state index >= 15 is 0 Å². The van der Waals surface area contributed by atoms with E-state index < -0.39 is 0 Å². The Bertz CT molecular complexity index is 253. The molecular weight excluding hydrogens is 164 g/mol. The van der Waals surface area contributed by atoms with Crippen LogP contribution >= 0.6 is 0 Å². The van der Waals surface area contributed by atoms with Crippen LogP contribution in [0.1, 0.15) is 11.1 Å². The summed E-state index contributed by atoms with van der Waals surface area (Å²) < 4.78 is 0. The summed E-state index contributed by atoms with van der Waals surface area (Å²) in [5.41, 5.74) is 3.64. The molecule has 3 nitrogen and oxygen atoms in total. The number of aryl methyl sites for hydroxylation is 2. The lowest BCUT2D eigenvalue weighted by Crippen LogP contribution is -2.12. The average Bonchev–Trinajstić information content (AvgIpc) is 2.03. The van der Waals surface area contributed by atoms with Gasteiger partial charge in [-0.25, -0.2) is 5.90 Å². The highest BCUT2D eigenvalue weighted by Gasteiger charge is 1.94. The first-order chi connectivity index (χ1) is 6.22. The highest BCUT2D eigenvalue weighted by atomic mass is 16.6. The number of hydrogen-bond donors (Lipinski definition) is 2. The van der Waals surface area contributed by atoms with Crippen LogP contribution in [0.5, 0.6) is 0 Å². The first-order valence-corrected chi connectivity index (χ1v) is 4.36. The molecule has 3 heteroatoms. The molecule has 1 rings (SSSR count). The van der Waals surface area contributed by atoms with Gasteiger partial charge in [0, 0.05) is 12.2 Å². The van der Waals surface area contributed by atoms with Crippen LogP contribution in [0.2, 0.25) is 0 Å². The number of nitrogens with one attached hydrogen (secondary N) is 1. The fourth-order valence-electron chi connectivity index (χ4n) is 1.33. The van der Waals surface area contributed by atoms with E-state index in [1.165, 1.54) is 11.1 Å². The zero-order valence-corrected chi connectivity index (χ0v) is 8.13. The van der Waals surface area contributed by atoms with E-state index in [4.69, 9.17) is 5.90 Å². The van der Waals surface area contributed by atoms with Crippen molar-refractivity contribution in [2.45, 2.75) is 13.8 Å². The molecule has 72 valence electrons. The molecule has 0 saturated carbocycles. The van der Waals surface area contributed by atoms with Crippen molar-refractivity contribution in [2.24, 2.45) is 5.90 Å². The Kier molecular flexibility index (Phi) is 3.73. The van der Waals surface area contributed by atoms with Gasteiger partial charge in [0.1, 0.15) is 0 Å². The Balaban J connectivity index is 2.56. The molecular formula is C10H16N2O. The Morgan fingerprint density at radius 1 is 1.23 bits per heavy atom. The molecule has 13 heavy (non-hydrogen) atoms. The Labute approximate surface area is 78.8 Å². The van der Waals surface area contributed by atoms with Gasteiger partial charge in [-0.05, 0) is 37.1 Å². The molecule has 0 aliphatic carbocycles. The summed E-state index contributed by atoms with van der Waals surface area (Å²) in [4.78, 5) is 4.46. The summed E-state index contributed by atoms with van der Waals surface area (Å²) in [6.07, 6.45) is 0. The normalized spacial score (nSPS) is 10.1. The third-order valence-corrected chi connectivity index (χ3v) is 1.77. The number of anilines is 1. The SMILES string of the molecule is Cc1cc(C)cc(NCCON)c1. The van der Waals surface area contributed by atoms with E-state index in [0.717, 1.165) is 12.2 Å². The predicted octanol–water partition coefficient (Wildman–Crippen LogP) is 1.61. The third-order valence-electron chi connectivity index (χ3n) is 1.77. The fraction of sp³-hybridized carbons (Fsp3) is 0.400. The molecule has 0 bridgehead atoms. The topological polar surface area (TPSA) is 47.3 Å². The van der Waals surface area contributed by atoms with Gasteiger partial charge in [0.05, 0.1) is 6.61 Å². The highest BCUT2D eigenvalue weighted by molar-refractivity contribution is 5.48. The van der Waals surface area contributed by atoms with E-state index in [2.05, 4.69) is 42.2 Å². The van der Waals surface area contributed by atoms with Crippen LogP contribution in [0.25, 0.3) is 0 Å². The number of rotatable bonds is 4. The molecule has 0 atom stereocenters. The number of nitrogens with two attached hydrogens (primary N) is 1. The maximum Gasteiger partial charge on any atom is 0.0851 e. The van der Waals surface area contributed by atoms with Crippen molar-refractivity contribution >= 4 is 5.69 Å². The van der Waals surface area contributed by atoms with Crippen molar-refractivity contribution in [3.63, 3.8) is 0 Å². The minimum Gasteiger partial charge on any atom is -0.383 e. The summed E-state index contributed by atoms with van der Waals surface area (Å²) in [5.74, 6) is 4.91. The maximum absolute atomic E-state index is 4.91. The Morgan fingerprint density at radius 3 is 2.38 bits per heavy atom. The molecule has 0 aromatic heterocycles. The summed E-state index contributed by atoms with van der Waals surface area (Å²) in [6.45, 7) is 5.42. The number of hydrogen-bond acceptors (Lipinski definition) is 3. The standard InChI is InChI=1S/C10H16N2O/c1-8-5-9(2)7-10(6-8)12-3-4-13-11/h5-7,12H,3-4,11H2,1-2H3. The Hall–Kier alpha value is -1.06. The molecule has 0 aliphatic heterocycles. The Morgan fingerprint density at radius 2 is 1.85 bits per heavy atom. The second kappa shape index (κ2) is 4.84. The van der Waals surface area contributed by atoms with E-state index in [9.17, 15) is 0 Å². The van der Waals surface area contributed by atoms with Crippen LogP contribution < -0.4 is 11.2 Å². The van der Waals surface area contributed by atoms with Gasteiger partial charge in [-0.1, -0.05) is 6.07 Å². The predicted molar refractivity (Wildman–Crippen MR) is 54.5 cm³/mol. The lowest BCUT2D eigenvalue weighted by molar-refractivity contribution is 0.148. The van der Waals surface area contributed by atoms with E-state index in [-0.39, 0.29) is 0 Å². The average molecular weight is 180 g/mol. The van der Waals surface area contributed by atoms with Gasteiger partial charge in [-0.2, -0.15) is 0 Å². The molecule has 0 heterocycles. The van der Waals surface area contributed by atoms with E-state index in [1.807, 2.05) is 0 Å². The summed E-state index contributed by atoms with van der Waals surface area (Å²) >= 11 is 0. The van der Waals surface area contributed by atoms with Crippen molar-refractivity contribution in [2.75, 3.05) is 18.5 Å². The van der Waals surface area contributed by atoms with Crippen LogP contribution in [0.15, 0.2) is 18.2 Å². The molecule has 0 unspecified atom stereocenters. The van der Waals surface area contributed by atoms with Crippen LogP contribution in [0.4, 0.5) is 5.69 Å². The van der Waals surface area contributed by atoms with Gasteiger partial charge in [0.25, 0.3) is 0 Å².